The first-order valence-corrected chi connectivity index (χ1v) is 14.9. The molecule has 12 heteroatoms. The van der Waals surface area contributed by atoms with Gasteiger partial charge in [-0.1, -0.05) is 60.7 Å². The van der Waals surface area contributed by atoms with Crippen molar-refractivity contribution in [1.29, 1.82) is 0 Å². The topological polar surface area (TPSA) is 74.2 Å². The molecule has 0 heterocycles. The molecule has 0 aromatic heterocycles. The van der Waals surface area contributed by atoms with Crippen LogP contribution in [0.5, 0.6) is 17.2 Å². The van der Waals surface area contributed by atoms with Crippen LogP contribution in [-0.2, 0) is 34.6 Å². The van der Waals surface area contributed by atoms with Crippen LogP contribution in [-0.4, -0.2) is 43.2 Å². The standard InChI is InChI=1S/C36H34F6O6/c1-24-20-28(34(35(37,38)39,36(40,41)42)47-22-27-10-14-29(45-2)15-11-27)13-18-32(24)48-31(21-26-6-4-3-5-7-26)23-46-30-16-8-25(9-17-30)12-19-33(43)44/h3-11,13-18,20,31H,12,19,21-23H2,1-2H3,(H,43,44)/t31-/m0/s1. The molecule has 0 radical (unpaired) electrons. The number of carboxylic acids is 1. The molecule has 0 aliphatic rings. The van der Waals surface area contributed by atoms with E-state index < -0.39 is 42.2 Å². The van der Waals surface area contributed by atoms with Crippen LogP contribution >= 0.6 is 0 Å². The third-order valence-electron chi connectivity index (χ3n) is 7.58. The number of carboxylic acid groups (broad SMARTS) is 1. The maximum atomic E-state index is 14.5. The van der Waals surface area contributed by atoms with Crippen molar-refractivity contribution < 1.29 is 55.2 Å². The lowest BCUT2D eigenvalue weighted by Gasteiger charge is -2.37. The normalized spacial score (nSPS) is 12.8. The van der Waals surface area contributed by atoms with Crippen LogP contribution < -0.4 is 14.2 Å². The van der Waals surface area contributed by atoms with Gasteiger partial charge in [0.2, 0.25) is 0 Å². The summed E-state index contributed by atoms with van der Waals surface area (Å²) in [5, 5.41) is 8.90. The minimum atomic E-state index is -5.86. The van der Waals surface area contributed by atoms with Crippen LogP contribution in [0.2, 0.25) is 0 Å². The molecule has 1 N–H and O–H groups in total. The molecule has 6 nitrogen and oxygen atoms in total. The van der Waals surface area contributed by atoms with E-state index in [0.717, 1.165) is 23.3 Å². The molecule has 48 heavy (non-hydrogen) atoms. The lowest BCUT2D eigenvalue weighted by molar-refractivity contribution is -0.392. The number of hydrogen-bond acceptors (Lipinski definition) is 5. The Morgan fingerprint density at radius 1 is 0.771 bits per heavy atom. The van der Waals surface area contributed by atoms with Crippen molar-refractivity contribution in [3.05, 3.63) is 125 Å². The zero-order valence-electron chi connectivity index (χ0n) is 26.1. The highest BCUT2D eigenvalue weighted by molar-refractivity contribution is 5.67. The van der Waals surface area contributed by atoms with Crippen LogP contribution in [0.1, 0.15) is 34.2 Å². The third-order valence-corrected chi connectivity index (χ3v) is 7.58. The van der Waals surface area contributed by atoms with Gasteiger partial charge in [0, 0.05) is 18.4 Å². The summed E-state index contributed by atoms with van der Waals surface area (Å²) in [7, 11) is 1.38. The van der Waals surface area contributed by atoms with Crippen molar-refractivity contribution in [1.82, 2.24) is 0 Å². The molecule has 4 aromatic rings. The Balaban J connectivity index is 1.59. The fourth-order valence-electron chi connectivity index (χ4n) is 5.03. The van der Waals surface area contributed by atoms with Crippen LogP contribution in [0.4, 0.5) is 26.3 Å². The second-order valence-electron chi connectivity index (χ2n) is 11.1. The van der Waals surface area contributed by atoms with Crippen molar-refractivity contribution in [2.75, 3.05) is 13.7 Å². The van der Waals surface area contributed by atoms with Crippen LogP contribution in [0.15, 0.2) is 97.1 Å². The van der Waals surface area contributed by atoms with Gasteiger partial charge in [-0.3, -0.25) is 4.79 Å². The predicted molar refractivity (Wildman–Crippen MR) is 165 cm³/mol. The molecule has 4 rings (SSSR count). The van der Waals surface area contributed by atoms with E-state index >= 15 is 0 Å². The Morgan fingerprint density at radius 2 is 1.38 bits per heavy atom. The average Bonchev–Trinajstić information content (AvgIpc) is 3.04. The van der Waals surface area contributed by atoms with Gasteiger partial charge in [0.05, 0.1) is 13.7 Å². The molecule has 0 aliphatic heterocycles. The van der Waals surface area contributed by atoms with E-state index in [2.05, 4.69) is 0 Å². The number of hydrogen-bond donors (Lipinski definition) is 1. The zero-order valence-corrected chi connectivity index (χ0v) is 26.1. The Morgan fingerprint density at radius 3 is 1.94 bits per heavy atom. The molecule has 0 fully saturated rings. The first kappa shape index (κ1) is 36.1. The van der Waals surface area contributed by atoms with E-state index in [9.17, 15) is 31.1 Å². The van der Waals surface area contributed by atoms with Gasteiger partial charge in [0.1, 0.15) is 30.0 Å². The lowest BCUT2D eigenvalue weighted by atomic mass is 9.90. The Hall–Kier alpha value is -4.71. The first-order valence-electron chi connectivity index (χ1n) is 14.9. The van der Waals surface area contributed by atoms with Gasteiger partial charge in [-0.2, -0.15) is 26.3 Å². The summed E-state index contributed by atoms with van der Waals surface area (Å²) in [4.78, 5) is 10.8. The maximum absolute atomic E-state index is 14.5. The van der Waals surface area contributed by atoms with Crippen molar-refractivity contribution in [3.8, 4) is 17.2 Å². The summed E-state index contributed by atoms with van der Waals surface area (Å²) in [5.41, 5.74) is -3.97. The van der Waals surface area contributed by atoms with Crippen LogP contribution in [0.25, 0.3) is 0 Å². The molecule has 256 valence electrons. The number of aliphatic carboxylic acids is 1. The summed E-state index contributed by atoms with van der Waals surface area (Å²) in [6, 6.07) is 24.0. The van der Waals surface area contributed by atoms with Gasteiger partial charge in [-0.25, -0.2) is 0 Å². The quantitative estimate of drug-likeness (QED) is 0.127. The minimum Gasteiger partial charge on any atom is -0.497 e. The van der Waals surface area contributed by atoms with E-state index in [1.54, 1.807) is 24.3 Å². The van der Waals surface area contributed by atoms with E-state index in [1.165, 1.54) is 38.3 Å². The number of alkyl halides is 6. The largest absolute Gasteiger partial charge is 0.497 e. The molecule has 0 spiro atoms. The van der Waals surface area contributed by atoms with Gasteiger partial charge in [0.15, 0.2) is 0 Å². The van der Waals surface area contributed by atoms with Gasteiger partial charge < -0.3 is 24.1 Å². The van der Waals surface area contributed by atoms with Crippen molar-refractivity contribution in [3.63, 3.8) is 0 Å². The maximum Gasteiger partial charge on any atom is 0.430 e. The fraction of sp³-hybridized carbons (Fsp3) is 0.306. The number of rotatable bonds is 15. The summed E-state index contributed by atoms with van der Waals surface area (Å²) in [6.07, 6.45) is -11.8. The van der Waals surface area contributed by atoms with Gasteiger partial charge in [-0.15, -0.1) is 0 Å². The predicted octanol–water partition coefficient (Wildman–Crippen LogP) is 8.63. The van der Waals surface area contributed by atoms with Gasteiger partial charge >= 0.3 is 18.3 Å². The lowest BCUT2D eigenvalue weighted by Crippen LogP contribution is -2.55. The molecule has 1 atom stereocenters. The Kier molecular flexibility index (Phi) is 11.6. The monoisotopic (exact) mass is 676 g/mol. The number of carbonyl (C=O) groups is 1. The fourth-order valence-corrected chi connectivity index (χ4v) is 5.03. The molecule has 0 aliphatic carbocycles. The van der Waals surface area contributed by atoms with Crippen molar-refractivity contribution in [2.24, 2.45) is 0 Å². The molecular weight excluding hydrogens is 642 g/mol. The van der Waals surface area contributed by atoms with Crippen LogP contribution in [0.3, 0.4) is 0 Å². The highest BCUT2D eigenvalue weighted by Crippen LogP contribution is 2.53. The molecule has 0 unspecified atom stereocenters. The van der Waals surface area contributed by atoms with E-state index in [-0.39, 0.29) is 29.9 Å². The summed E-state index contributed by atoms with van der Waals surface area (Å²) in [6.45, 7) is 0.373. The highest BCUT2D eigenvalue weighted by Gasteiger charge is 2.73. The van der Waals surface area contributed by atoms with E-state index in [4.69, 9.17) is 24.1 Å². The molecule has 0 saturated heterocycles. The number of aryl methyl sites for hydroxylation is 2. The van der Waals surface area contributed by atoms with Crippen molar-refractivity contribution in [2.45, 2.75) is 56.9 Å². The van der Waals surface area contributed by atoms with Gasteiger partial charge in [-0.05, 0) is 72.0 Å². The first-order chi connectivity index (χ1) is 22.7. The Bertz CT molecular complexity index is 1610. The van der Waals surface area contributed by atoms with E-state index in [1.807, 2.05) is 30.3 Å². The average molecular weight is 677 g/mol. The summed E-state index contributed by atoms with van der Waals surface area (Å²) in [5.74, 6) is 0.00512. The third kappa shape index (κ3) is 9.00. The molecule has 0 amide bonds. The van der Waals surface area contributed by atoms with E-state index in [0.29, 0.717) is 30.4 Å². The molecule has 4 aromatic carbocycles. The number of ether oxygens (including phenoxy) is 4. The molecular formula is C36H34F6O6. The summed E-state index contributed by atoms with van der Waals surface area (Å²) >= 11 is 0. The zero-order chi connectivity index (χ0) is 35.0. The van der Waals surface area contributed by atoms with Crippen LogP contribution in [0, 0.1) is 6.92 Å². The molecule has 0 bridgehead atoms. The smallest absolute Gasteiger partial charge is 0.430 e. The van der Waals surface area contributed by atoms with Gasteiger partial charge in [0.25, 0.3) is 5.60 Å². The second-order valence-corrected chi connectivity index (χ2v) is 11.1. The highest BCUT2D eigenvalue weighted by atomic mass is 19.4. The Labute approximate surface area is 273 Å². The molecule has 0 saturated carbocycles. The number of benzene rings is 4. The summed E-state index contributed by atoms with van der Waals surface area (Å²) < 4.78 is 109. The minimum absolute atomic E-state index is 0.00935. The second kappa shape index (κ2) is 15.5. The van der Waals surface area contributed by atoms with Crippen molar-refractivity contribution >= 4 is 5.97 Å². The number of methoxy groups -OCH3 is 1. The number of halogens is 6. The SMILES string of the molecule is COc1ccc(COC(c2ccc(O[C@H](COc3ccc(CCC(=O)O)cc3)Cc3ccccc3)c(C)c2)(C(F)(F)F)C(F)(F)F)cc1.